The standard InChI is InChI=1S/C20H23NO3/c1-5-24-20(23)18-12(2)17(13(3)21(18)4)19(22)16-8-6-7-15(11-16)14-9-10-14/h6-8,11,14H,5,9-10H2,1-4H3. The Morgan fingerprint density at radius 1 is 1.25 bits per heavy atom. The van der Waals surface area contributed by atoms with Crippen LogP contribution in [0.4, 0.5) is 0 Å². The van der Waals surface area contributed by atoms with Crippen LogP contribution in [0.25, 0.3) is 0 Å². The van der Waals surface area contributed by atoms with E-state index in [0.717, 1.165) is 5.69 Å². The number of rotatable bonds is 5. The van der Waals surface area contributed by atoms with Gasteiger partial charge in [-0.15, -0.1) is 0 Å². The van der Waals surface area contributed by atoms with Crippen molar-refractivity contribution in [2.45, 2.75) is 39.5 Å². The van der Waals surface area contributed by atoms with Crippen LogP contribution in [0.15, 0.2) is 24.3 Å². The van der Waals surface area contributed by atoms with Crippen LogP contribution in [-0.4, -0.2) is 22.9 Å². The molecular formula is C20H23NO3. The van der Waals surface area contributed by atoms with E-state index >= 15 is 0 Å². The second-order valence-corrected chi connectivity index (χ2v) is 6.44. The van der Waals surface area contributed by atoms with Gasteiger partial charge in [0.15, 0.2) is 5.78 Å². The number of ketones is 1. The number of benzene rings is 1. The molecule has 126 valence electrons. The van der Waals surface area contributed by atoms with Crippen molar-refractivity contribution in [3.05, 3.63) is 57.9 Å². The van der Waals surface area contributed by atoms with E-state index in [1.54, 1.807) is 18.5 Å². The van der Waals surface area contributed by atoms with Gasteiger partial charge in [-0.2, -0.15) is 0 Å². The molecule has 1 heterocycles. The molecule has 4 heteroatoms. The van der Waals surface area contributed by atoms with Gasteiger partial charge in [-0.05, 0) is 56.7 Å². The Balaban J connectivity index is 2.02. The Labute approximate surface area is 142 Å². The molecular weight excluding hydrogens is 302 g/mol. The van der Waals surface area contributed by atoms with Crippen LogP contribution in [-0.2, 0) is 11.8 Å². The third-order valence-corrected chi connectivity index (χ3v) is 4.82. The molecule has 4 nitrogen and oxygen atoms in total. The number of nitrogens with zero attached hydrogens (tertiary/aromatic N) is 1. The normalized spacial score (nSPS) is 13.8. The van der Waals surface area contributed by atoms with Gasteiger partial charge < -0.3 is 9.30 Å². The van der Waals surface area contributed by atoms with Gasteiger partial charge in [0, 0.05) is 23.9 Å². The van der Waals surface area contributed by atoms with E-state index in [0.29, 0.717) is 34.9 Å². The highest BCUT2D eigenvalue weighted by Crippen LogP contribution is 2.40. The second kappa shape index (κ2) is 6.27. The minimum Gasteiger partial charge on any atom is -0.461 e. The number of hydrogen-bond acceptors (Lipinski definition) is 3. The zero-order valence-electron chi connectivity index (χ0n) is 14.7. The van der Waals surface area contributed by atoms with Crippen LogP contribution in [0.5, 0.6) is 0 Å². The Morgan fingerprint density at radius 3 is 2.58 bits per heavy atom. The predicted octanol–water partition coefficient (Wildman–Crippen LogP) is 3.93. The molecule has 1 aromatic heterocycles. The molecule has 0 saturated heterocycles. The molecule has 2 aromatic rings. The molecule has 1 aromatic carbocycles. The first-order chi connectivity index (χ1) is 11.5. The summed E-state index contributed by atoms with van der Waals surface area (Å²) in [5.74, 6) is 0.191. The monoisotopic (exact) mass is 325 g/mol. The average molecular weight is 325 g/mol. The third-order valence-electron chi connectivity index (χ3n) is 4.82. The van der Waals surface area contributed by atoms with E-state index in [2.05, 4.69) is 6.07 Å². The average Bonchev–Trinajstić information content (AvgIpc) is 3.37. The molecule has 1 fully saturated rings. The minimum absolute atomic E-state index is 0.0290. The lowest BCUT2D eigenvalue weighted by molar-refractivity contribution is 0.0514. The van der Waals surface area contributed by atoms with E-state index in [1.165, 1.54) is 18.4 Å². The Hall–Kier alpha value is -2.36. The maximum Gasteiger partial charge on any atom is 0.355 e. The third kappa shape index (κ3) is 2.77. The van der Waals surface area contributed by atoms with Crippen LogP contribution < -0.4 is 0 Å². The highest BCUT2D eigenvalue weighted by atomic mass is 16.5. The van der Waals surface area contributed by atoms with Gasteiger partial charge in [-0.3, -0.25) is 4.79 Å². The summed E-state index contributed by atoms with van der Waals surface area (Å²) < 4.78 is 6.89. The van der Waals surface area contributed by atoms with Crippen molar-refractivity contribution in [1.82, 2.24) is 4.57 Å². The van der Waals surface area contributed by atoms with Gasteiger partial charge in [0.1, 0.15) is 5.69 Å². The maximum atomic E-state index is 13.1. The smallest absolute Gasteiger partial charge is 0.355 e. The molecule has 1 aliphatic rings. The summed E-state index contributed by atoms with van der Waals surface area (Å²) in [6.45, 7) is 5.78. The maximum absolute atomic E-state index is 13.1. The number of ether oxygens (including phenoxy) is 1. The van der Waals surface area contributed by atoms with Gasteiger partial charge in [-0.25, -0.2) is 4.79 Å². The lowest BCUT2D eigenvalue weighted by Crippen LogP contribution is -2.11. The zero-order chi connectivity index (χ0) is 17.4. The van der Waals surface area contributed by atoms with Gasteiger partial charge in [0.05, 0.1) is 6.61 Å². The summed E-state index contributed by atoms with van der Waals surface area (Å²) in [5, 5.41) is 0. The van der Waals surface area contributed by atoms with Crippen LogP contribution in [0, 0.1) is 13.8 Å². The van der Waals surface area contributed by atoms with E-state index in [1.807, 2.05) is 32.0 Å². The van der Waals surface area contributed by atoms with Crippen LogP contribution >= 0.6 is 0 Å². The highest BCUT2D eigenvalue weighted by Gasteiger charge is 2.28. The van der Waals surface area contributed by atoms with E-state index in [4.69, 9.17) is 4.74 Å². The molecule has 24 heavy (non-hydrogen) atoms. The first-order valence-corrected chi connectivity index (χ1v) is 8.43. The predicted molar refractivity (Wildman–Crippen MR) is 92.7 cm³/mol. The first kappa shape index (κ1) is 16.5. The number of carbonyl (C=O) groups excluding carboxylic acids is 2. The largest absolute Gasteiger partial charge is 0.461 e. The summed E-state index contributed by atoms with van der Waals surface area (Å²) in [5.41, 5.74) is 4.46. The summed E-state index contributed by atoms with van der Waals surface area (Å²) in [6.07, 6.45) is 2.40. The number of esters is 1. The van der Waals surface area contributed by atoms with Crippen molar-refractivity contribution >= 4 is 11.8 Å². The number of aromatic nitrogens is 1. The van der Waals surface area contributed by atoms with Crippen LogP contribution in [0.3, 0.4) is 0 Å². The van der Waals surface area contributed by atoms with Crippen molar-refractivity contribution in [3.63, 3.8) is 0 Å². The van der Waals surface area contributed by atoms with Crippen molar-refractivity contribution in [2.24, 2.45) is 7.05 Å². The Bertz CT molecular complexity index is 813. The Kier molecular flexibility index (Phi) is 4.31. The molecule has 1 aliphatic carbocycles. The van der Waals surface area contributed by atoms with E-state index in [9.17, 15) is 9.59 Å². The SMILES string of the molecule is CCOC(=O)c1c(C)c(C(=O)c2cccc(C3CC3)c2)c(C)n1C. The van der Waals surface area contributed by atoms with Gasteiger partial charge in [-0.1, -0.05) is 18.2 Å². The van der Waals surface area contributed by atoms with E-state index < -0.39 is 0 Å². The Morgan fingerprint density at radius 2 is 1.96 bits per heavy atom. The quantitative estimate of drug-likeness (QED) is 0.618. The fourth-order valence-electron chi connectivity index (χ4n) is 3.30. The second-order valence-electron chi connectivity index (χ2n) is 6.44. The van der Waals surface area contributed by atoms with E-state index in [-0.39, 0.29) is 11.8 Å². The fourth-order valence-corrected chi connectivity index (χ4v) is 3.30. The summed E-state index contributed by atoms with van der Waals surface area (Å²) in [4.78, 5) is 25.3. The van der Waals surface area contributed by atoms with Crippen molar-refractivity contribution in [2.75, 3.05) is 6.61 Å². The summed E-state index contributed by atoms with van der Waals surface area (Å²) >= 11 is 0. The molecule has 0 spiro atoms. The molecule has 0 N–H and O–H groups in total. The molecule has 0 amide bonds. The highest BCUT2D eigenvalue weighted by molar-refractivity contribution is 6.12. The molecule has 0 bridgehead atoms. The van der Waals surface area contributed by atoms with Crippen LogP contribution in [0.1, 0.15) is 68.9 Å². The summed E-state index contributed by atoms with van der Waals surface area (Å²) in [6, 6.07) is 7.88. The van der Waals surface area contributed by atoms with Gasteiger partial charge in [0.2, 0.25) is 0 Å². The zero-order valence-corrected chi connectivity index (χ0v) is 14.7. The minimum atomic E-state index is -0.383. The number of carbonyl (C=O) groups is 2. The van der Waals surface area contributed by atoms with Crippen molar-refractivity contribution in [1.29, 1.82) is 0 Å². The first-order valence-electron chi connectivity index (χ1n) is 8.43. The molecule has 0 radical (unpaired) electrons. The molecule has 0 atom stereocenters. The molecule has 3 rings (SSSR count). The molecule has 0 unspecified atom stereocenters. The van der Waals surface area contributed by atoms with Crippen molar-refractivity contribution < 1.29 is 14.3 Å². The van der Waals surface area contributed by atoms with Gasteiger partial charge >= 0.3 is 5.97 Å². The molecule has 1 saturated carbocycles. The summed E-state index contributed by atoms with van der Waals surface area (Å²) in [7, 11) is 1.80. The lowest BCUT2D eigenvalue weighted by atomic mass is 9.97. The van der Waals surface area contributed by atoms with Gasteiger partial charge in [0.25, 0.3) is 0 Å². The topological polar surface area (TPSA) is 48.3 Å². The van der Waals surface area contributed by atoms with Crippen molar-refractivity contribution in [3.8, 4) is 0 Å². The number of hydrogen-bond donors (Lipinski definition) is 0. The molecule has 0 aliphatic heterocycles. The van der Waals surface area contributed by atoms with Crippen LogP contribution in [0.2, 0.25) is 0 Å². The lowest BCUT2D eigenvalue weighted by Gasteiger charge is -2.05. The fraction of sp³-hybridized carbons (Fsp3) is 0.400.